The first-order chi connectivity index (χ1) is 15.4. The summed E-state index contributed by atoms with van der Waals surface area (Å²) >= 11 is 1.38. The largest absolute Gasteiger partial charge is 0.494 e. The van der Waals surface area contributed by atoms with E-state index in [9.17, 15) is 4.79 Å². The number of carbonyl (C=O) groups is 1. The van der Waals surface area contributed by atoms with Gasteiger partial charge in [0.25, 0.3) is 5.91 Å². The van der Waals surface area contributed by atoms with Crippen LogP contribution in [0.4, 0.5) is 11.5 Å². The minimum Gasteiger partial charge on any atom is -0.494 e. The van der Waals surface area contributed by atoms with Crippen molar-refractivity contribution < 1.29 is 14.3 Å². The Balaban J connectivity index is 1.44. The Bertz CT molecular complexity index is 1060. The molecule has 2 aromatic heterocycles. The molecule has 4 rings (SSSR count). The van der Waals surface area contributed by atoms with Crippen LogP contribution in [0.5, 0.6) is 5.75 Å². The Hall–Kier alpha value is -2.97. The number of benzene rings is 1. The van der Waals surface area contributed by atoms with Gasteiger partial charge in [0.15, 0.2) is 0 Å². The number of morpholine rings is 1. The molecule has 32 heavy (non-hydrogen) atoms. The third kappa shape index (κ3) is 5.08. The fourth-order valence-electron chi connectivity index (χ4n) is 3.79. The van der Waals surface area contributed by atoms with E-state index in [1.165, 1.54) is 11.3 Å². The number of rotatable bonds is 6. The van der Waals surface area contributed by atoms with Crippen LogP contribution < -0.4 is 15.0 Å². The molecule has 0 radical (unpaired) electrons. The first-order valence-corrected chi connectivity index (χ1v) is 11.6. The van der Waals surface area contributed by atoms with Crippen molar-refractivity contribution in [2.24, 2.45) is 0 Å². The summed E-state index contributed by atoms with van der Waals surface area (Å²) in [7, 11) is 0. The molecular formula is C24H28N4O3S. The monoisotopic (exact) mass is 452 g/mol. The highest BCUT2D eigenvalue weighted by Gasteiger charge is 2.23. The molecule has 0 saturated carbocycles. The summed E-state index contributed by atoms with van der Waals surface area (Å²) in [5.41, 5.74) is 2.32. The normalized spacial score (nSPS) is 18.4. The van der Waals surface area contributed by atoms with E-state index in [2.05, 4.69) is 34.0 Å². The highest BCUT2D eigenvalue weighted by Crippen LogP contribution is 2.30. The number of ether oxygens (including phenoxy) is 2. The van der Waals surface area contributed by atoms with Gasteiger partial charge in [-0.25, -0.2) is 9.97 Å². The lowest BCUT2D eigenvalue weighted by Crippen LogP contribution is -2.45. The van der Waals surface area contributed by atoms with Crippen molar-refractivity contribution in [2.75, 3.05) is 29.9 Å². The Morgan fingerprint density at radius 2 is 1.91 bits per heavy atom. The Morgan fingerprint density at radius 1 is 1.19 bits per heavy atom. The molecule has 8 heteroatoms. The molecule has 0 aliphatic carbocycles. The van der Waals surface area contributed by atoms with Crippen LogP contribution in [0.1, 0.15) is 36.1 Å². The zero-order valence-corrected chi connectivity index (χ0v) is 19.6. The average molecular weight is 453 g/mol. The molecule has 1 aliphatic rings. The van der Waals surface area contributed by atoms with E-state index < -0.39 is 0 Å². The lowest BCUT2D eigenvalue weighted by Gasteiger charge is -2.36. The van der Waals surface area contributed by atoms with Crippen molar-refractivity contribution in [1.82, 2.24) is 9.97 Å². The van der Waals surface area contributed by atoms with Crippen LogP contribution in [0.2, 0.25) is 0 Å². The van der Waals surface area contributed by atoms with Gasteiger partial charge in [-0.05, 0) is 64.1 Å². The van der Waals surface area contributed by atoms with Gasteiger partial charge < -0.3 is 19.7 Å². The first kappa shape index (κ1) is 22.2. The Kier molecular flexibility index (Phi) is 6.72. The number of anilines is 2. The van der Waals surface area contributed by atoms with Gasteiger partial charge in [-0.15, -0.1) is 11.3 Å². The van der Waals surface area contributed by atoms with Gasteiger partial charge in [0, 0.05) is 18.7 Å². The smallest absolute Gasteiger partial charge is 0.267 e. The molecule has 168 valence electrons. The van der Waals surface area contributed by atoms with Gasteiger partial charge in [0.2, 0.25) is 0 Å². The number of amides is 1. The summed E-state index contributed by atoms with van der Waals surface area (Å²) < 4.78 is 11.3. The molecule has 1 N–H and O–H groups in total. The third-order valence-corrected chi connectivity index (χ3v) is 6.37. The van der Waals surface area contributed by atoms with Crippen LogP contribution in [0, 0.1) is 6.92 Å². The number of aromatic nitrogens is 2. The van der Waals surface area contributed by atoms with E-state index in [1.54, 1.807) is 6.20 Å². The quantitative estimate of drug-likeness (QED) is 0.580. The molecule has 1 aromatic carbocycles. The number of thiazole rings is 1. The fraction of sp³-hybridized carbons (Fsp3) is 0.375. The Morgan fingerprint density at radius 3 is 2.53 bits per heavy atom. The molecule has 0 bridgehead atoms. The summed E-state index contributed by atoms with van der Waals surface area (Å²) in [5, 5.41) is 3.75. The topological polar surface area (TPSA) is 76.6 Å². The summed E-state index contributed by atoms with van der Waals surface area (Å²) in [6.07, 6.45) is 2.03. The minimum atomic E-state index is -0.180. The van der Waals surface area contributed by atoms with Crippen molar-refractivity contribution in [3.05, 3.63) is 53.2 Å². The van der Waals surface area contributed by atoms with E-state index in [4.69, 9.17) is 9.47 Å². The number of hydrogen-bond acceptors (Lipinski definition) is 7. The van der Waals surface area contributed by atoms with Gasteiger partial charge in [0.1, 0.15) is 21.5 Å². The van der Waals surface area contributed by atoms with E-state index in [-0.39, 0.29) is 18.1 Å². The first-order valence-electron chi connectivity index (χ1n) is 10.8. The average Bonchev–Trinajstić information content (AvgIpc) is 3.16. The van der Waals surface area contributed by atoms with Gasteiger partial charge in [0.05, 0.1) is 36.4 Å². The molecule has 3 heterocycles. The highest BCUT2D eigenvalue weighted by atomic mass is 32.1. The summed E-state index contributed by atoms with van der Waals surface area (Å²) in [6, 6.07) is 11.6. The molecule has 1 aliphatic heterocycles. The van der Waals surface area contributed by atoms with Crippen LogP contribution in [-0.2, 0) is 4.74 Å². The molecule has 1 amide bonds. The summed E-state index contributed by atoms with van der Waals surface area (Å²) in [6.45, 7) is 10.2. The maximum absolute atomic E-state index is 12.9. The van der Waals surface area contributed by atoms with Gasteiger partial charge in [-0.2, -0.15) is 0 Å². The maximum Gasteiger partial charge on any atom is 0.267 e. The standard InChI is InChI=1S/C24H28N4O3S/c1-5-30-20-9-6-18(7-10-20)24-26-17(4)22(32-24)23(29)27-19-8-11-21(25-12-19)28-13-15(2)31-16(3)14-28/h6-12,15-16H,5,13-14H2,1-4H3,(H,27,29). The van der Waals surface area contributed by atoms with Crippen LogP contribution in [0.25, 0.3) is 10.6 Å². The molecule has 7 nitrogen and oxygen atoms in total. The third-order valence-electron chi connectivity index (χ3n) is 5.16. The molecule has 1 saturated heterocycles. The minimum absolute atomic E-state index is 0.166. The van der Waals surface area contributed by atoms with Crippen molar-refractivity contribution in [3.63, 3.8) is 0 Å². The number of hydrogen-bond donors (Lipinski definition) is 1. The number of nitrogens with zero attached hydrogens (tertiary/aromatic N) is 3. The lowest BCUT2D eigenvalue weighted by atomic mass is 10.2. The number of carbonyl (C=O) groups excluding carboxylic acids is 1. The number of pyridine rings is 1. The van der Waals surface area contributed by atoms with Gasteiger partial charge >= 0.3 is 0 Å². The van der Waals surface area contributed by atoms with E-state index in [0.29, 0.717) is 22.9 Å². The molecule has 0 spiro atoms. The lowest BCUT2D eigenvalue weighted by molar-refractivity contribution is -0.00545. The van der Waals surface area contributed by atoms with Gasteiger partial charge in [-0.1, -0.05) is 0 Å². The second-order valence-corrected chi connectivity index (χ2v) is 8.91. The zero-order chi connectivity index (χ0) is 22.7. The Labute approximate surface area is 192 Å². The van der Waals surface area contributed by atoms with Crippen LogP contribution in [-0.4, -0.2) is 47.8 Å². The molecule has 2 atom stereocenters. The molecular weight excluding hydrogens is 424 g/mol. The SMILES string of the molecule is CCOc1ccc(-c2nc(C)c(C(=O)Nc3ccc(N4CC(C)OC(C)C4)nc3)s2)cc1. The van der Waals surface area contributed by atoms with Crippen molar-refractivity contribution in [3.8, 4) is 16.3 Å². The summed E-state index contributed by atoms with van der Waals surface area (Å²) in [5.74, 6) is 1.52. The zero-order valence-electron chi connectivity index (χ0n) is 18.8. The molecule has 1 fully saturated rings. The van der Waals surface area contributed by atoms with E-state index in [0.717, 1.165) is 35.2 Å². The molecule has 2 unspecified atom stereocenters. The van der Waals surface area contributed by atoms with Crippen LogP contribution in [0.3, 0.4) is 0 Å². The second-order valence-electron chi connectivity index (χ2n) is 7.91. The second kappa shape index (κ2) is 9.67. The predicted octanol–water partition coefficient (Wildman–Crippen LogP) is 4.78. The molecule has 3 aromatic rings. The number of nitrogens with one attached hydrogen (secondary N) is 1. The van der Waals surface area contributed by atoms with E-state index >= 15 is 0 Å². The summed E-state index contributed by atoms with van der Waals surface area (Å²) in [4.78, 5) is 24.8. The van der Waals surface area contributed by atoms with Gasteiger partial charge in [-0.3, -0.25) is 4.79 Å². The predicted molar refractivity (Wildman–Crippen MR) is 128 cm³/mol. The van der Waals surface area contributed by atoms with Crippen molar-refractivity contribution in [1.29, 1.82) is 0 Å². The maximum atomic E-state index is 12.9. The fourth-order valence-corrected chi connectivity index (χ4v) is 4.76. The number of aryl methyl sites for hydroxylation is 1. The van der Waals surface area contributed by atoms with Crippen molar-refractivity contribution in [2.45, 2.75) is 39.9 Å². The van der Waals surface area contributed by atoms with Crippen LogP contribution in [0.15, 0.2) is 42.6 Å². The van der Waals surface area contributed by atoms with Crippen LogP contribution >= 0.6 is 11.3 Å². The highest BCUT2D eigenvalue weighted by molar-refractivity contribution is 7.17. The van der Waals surface area contributed by atoms with Crippen molar-refractivity contribution >= 4 is 28.7 Å². The van der Waals surface area contributed by atoms with E-state index in [1.807, 2.05) is 50.2 Å².